The number of fused-ring (bicyclic) bond motifs is 21. The Balaban J connectivity index is 0.000000125. The molecule has 0 fully saturated rings. The van der Waals surface area contributed by atoms with Gasteiger partial charge in [0.2, 0.25) is 0 Å². The van der Waals surface area contributed by atoms with Gasteiger partial charge in [-0.15, -0.1) is 107 Å². The second-order valence-electron chi connectivity index (χ2n) is 31.7. The summed E-state index contributed by atoms with van der Waals surface area (Å²) in [6, 6.07) is 110. The average Bonchev–Trinajstić information content (AvgIpc) is 1.69. The predicted octanol–water partition coefficient (Wildman–Crippen LogP) is 28.1. The monoisotopic (exact) mass is 2040 g/mol. The molecule has 21 rings (SSSR count). The summed E-state index contributed by atoms with van der Waals surface area (Å²) in [5.41, 5.74) is 28.0. The van der Waals surface area contributed by atoms with E-state index in [1.165, 1.54) is 164 Å². The van der Waals surface area contributed by atoms with Gasteiger partial charge in [0.1, 0.15) is 0 Å². The van der Waals surface area contributed by atoms with E-state index in [2.05, 4.69) is 360 Å². The Morgan fingerprint density at radius 1 is 0.365 bits per heavy atom. The number of para-hydroxylation sites is 4. The van der Waals surface area contributed by atoms with Crippen molar-refractivity contribution in [2.45, 2.75) is 94.4 Å². The number of aromatic nitrogens is 7. The number of benzene rings is 13. The van der Waals surface area contributed by atoms with E-state index in [1.807, 2.05) is 66.2 Å². The van der Waals surface area contributed by atoms with Crippen LogP contribution < -0.4 is 0 Å². The second kappa shape index (κ2) is 32.8. The zero-order valence-electron chi connectivity index (χ0n) is 66.2. The van der Waals surface area contributed by atoms with Gasteiger partial charge in [-0.25, -0.2) is 0 Å². The van der Waals surface area contributed by atoms with Crippen LogP contribution >= 0.6 is 11.3 Å². The first-order valence-electron chi connectivity index (χ1n) is 39.0. The Labute approximate surface area is 716 Å². The fraction of sp³-hybridized carbons (Fsp3) is 0.144. The van der Waals surface area contributed by atoms with Crippen LogP contribution in [0.1, 0.15) is 99.2 Å². The third-order valence-electron chi connectivity index (χ3n) is 22.1. The SMILES string of the molecule is Cc1ccc2c(c1)c1ccc[c-]c1c1ncc(-c3c(C(C)C)cccc3C(C)C)n21.Cc1cccc(C)c1-c1cnc2c3[c-]cccc3c3cc(CC(C)(C)C)ccc3n12.Cc1cccnc1-c1[c-]cccc1.[Ir].[Ir].[Ir].c1ccc2c(c1)c1ccccc1n2-c1ccc2sc3ccc(-n4c5ccccc5c5ccccc54)cc3c2c1. The molecule has 0 bridgehead atoms. The Hall–Kier alpha value is -10.8. The minimum Gasteiger partial charge on any atom is -0.333 e. The number of hydrogen-bond donors (Lipinski definition) is 0. The van der Waals surface area contributed by atoms with Gasteiger partial charge in [0, 0.05) is 154 Å². The van der Waals surface area contributed by atoms with Gasteiger partial charge < -0.3 is 22.9 Å². The first kappa shape index (κ1) is 79.4. The van der Waals surface area contributed by atoms with E-state index < -0.39 is 0 Å². The third kappa shape index (κ3) is 14.6. The van der Waals surface area contributed by atoms with E-state index >= 15 is 0 Å². The van der Waals surface area contributed by atoms with Crippen LogP contribution in [-0.4, -0.2) is 32.9 Å². The van der Waals surface area contributed by atoms with E-state index in [0.717, 1.165) is 45.4 Å². The molecular weight excluding hydrogens is 1960 g/mol. The van der Waals surface area contributed by atoms with Crippen LogP contribution in [-0.2, 0) is 66.7 Å². The summed E-state index contributed by atoms with van der Waals surface area (Å²) >= 11 is 1.87. The summed E-state index contributed by atoms with van der Waals surface area (Å²) in [7, 11) is 0. The molecule has 8 heterocycles. The van der Waals surface area contributed by atoms with Crippen molar-refractivity contribution in [3.05, 3.63) is 355 Å². The number of aryl methyl sites for hydroxylation is 4. The minimum absolute atomic E-state index is 0. The Morgan fingerprint density at radius 3 is 1.29 bits per heavy atom. The van der Waals surface area contributed by atoms with Gasteiger partial charge in [-0.1, -0.05) is 210 Å². The normalized spacial score (nSPS) is 11.6. The fourth-order valence-electron chi connectivity index (χ4n) is 17.2. The molecule has 0 aliphatic carbocycles. The van der Waals surface area contributed by atoms with Crippen molar-refractivity contribution < 1.29 is 60.3 Å². The molecule has 0 aliphatic heterocycles. The van der Waals surface area contributed by atoms with Crippen LogP contribution in [0.5, 0.6) is 0 Å². The van der Waals surface area contributed by atoms with Gasteiger partial charge >= 0.3 is 0 Å². The molecule has 0 aliphatic rings. The van der Waals surface area contributed by atoms with Crippen LogP contribution in [0, 0.1) is 51.3 Å². The maximum atomic E-state index is 4.93. The average molecular weight is 2040 g/mol. The summed E-state index contributed by atoms with van der Waals surface area (Å²) in [6.45, 7) is 24.5. The summed E-state index contributed by atoms with van der Waals surface area (Å²) in [6.07, 6.45) is 6.94. The molecule has 3 radical (unpaired) electrons. The van der Waals surface area contributed by atoms with Crippen molar-refractivity contribution in [1.29, 1.82) is 0 Å². The van der Waals surface area contributed by atoms with Gasteiger partial charge in [0.15, 0.2) is 0 Å². The van der Waals surface area contributed by atoms with E-state index in [9.17, 15) is 0 Å². The Morgan fingerprint density at radius 2 is 0.809 bits per heavy atom. The predicted molar refractivity (Wildman–Crippen MR) is 476 cm³/mol. The molecule has 573 valence electrons. The van der Waals surface area contributed by atoms with E-state index in [0.29, 0.717) is 11.8 Å². The smallest absolute Gasteiger partial charge is 0.0639 e. The van der Waals surface area contributed by atoms with Gasteiger partial charge in [0.05, 0.1) is 44.7 Å². The van der Waals surface area contributed by atoms with Crippen molar-refractivity contribution >= 4 is 130 Å². The van der Waals surface area contributed by atoms with Gasteiger partial charge in [0.25, 0.3) is 0 Å². The van der Waals surface area contributed by atoms with Gasteiger partial charge in [-0.05, 0) is 175 Å². The summed E-state index contributed by atoms with van der Waals surface area (Å²) in [4.78, 5) is 14.1. The molecule has 0 saturated heterocycles. The molecule has 0 amide bonds. The number of rotatable bonds is 8. The quantitative estimate of drug-likeness (QED) is 0.113. The van der Waals surface area contributed by atoms with Gasteiger partial charge in [-0.2, -0.15) is 0 Å². The standard InChI is InChI=1S/C36H22N2S.2C28H27N2.C12H10N.3Ir/c1-5-13-31-25(9-1)26-10-2-6-14-32(26)37(31)23-17-19-35-29(21-23)30-22-24(18-20-36(30)39-35)38-33-15-7-3-11-27(33)28-12-4-8-16-34(28)38;1-18-9-8-10-19(2)26(18)25-17-29-27-22-12-7-6-11-21(22)23-15-20(16-28(3,4)5)13-14-24(23)30(25)27;1-17(2)20-11-8-12-21(18(3)4)27(20)26-16-29-28-23-10-7-6-9-22(23)24-15-19(5)13-14-25(24)30(26)28;1-10-6-5-9-13-12(10)11-7-3-2-4-8-11;;;/h1-22H;6-11,13-15,17H,16H2,1-5H3;6-9,11-18H,1-5H3;2-7,9H,1H3;;;/q;3*-1;;;. The molecule has 0 unspecified atom stereocenters. The van der Waals surface area contributed by atoms with Crippen molar-refractivity contribution in [3.8, 4) is 45.1 Å². The molecule has 115 heavy (non-hydrogen) atoms. The largest absolute Gasteiger partial charge is 0.333 e. The van der Waals surface area contributed by atoms with E-state index in [4.69, 9.17) is 9.97 Å². The number of imidazole rings is 2. The molecule has 7 nitrogen and oxygen atoms in total. The zero-order chi connectivity index (χ0) is 76.6. The molecule has 11 heteroatoms. The van der Waals surface area contributed by atoms with Crippen LogP contribution in [0.2, 0.25) is 0 Å². The third-order valence-corrected chi connectivity index (χ3v) is 23.3. The minimum atomic E-state index is 0. The van der Waals surface area contributed by atoms with E-state index in [-0.39, 0.29) is 65.7 Å². The maximum absolute atomic E-state index is 4.93. The molecule has 21 aromatic rings. The topological polar surface area (TPSA) is 57.4 Å². The Kier molecular flexibility index (Phi) is 22.7. The molecule has 0 atom stereocenters. The molecule has 0 N–H and O–H groups in total. The van der Waals surface area contributed by atoms with Gasteiger partial charge in [-0.3, -0.25) is 9.97 Å². The number of hydrogen-bond acceptors (Lipinski definition) is 4. The second-order valence-corrected chi connectivity index (χ2v) is 32.8. The fourth-order valence-corrected chi connectivity index (χ4v) is 18.2. The van der Waals surface area contributed by atoms with Crippen molar-refractivity contribution in [2.75, 3.05) is 0 Å². The van der Waals surface area contributed by atoms with Crippen LogP contribution in [0.4, 0.5) is 0 Å². The summed E-state index contributed by atoms with van der Waals surface area (Å²) in [5.74, 6) is 0.870. The number of nitrogens with zero attached hydrogens (tertiary/aromatic N) is 7. The maximum Gasteiger partial charge on any atom is 0.0639 e. The van der Waals surface area contributed by atoms with Crippen molar-refractivity contribution in [2.24, 2.45) is 5.41 Å². The number of pyridine rings is 3. The Bertz CT molecular complexity index is 6910. The molecule has 0 saturated carbocycles. The number of thiophene rings is 1. The van der Waals surface area contributed by atoms with Crippen LogP contribution in [0.25, 0.3) is 164 Å². The summed E-state index contributed by atoms with van der Waals surface area (Å²) < 4.78 is 12.1. The molecule has 8 aromatic heterocycles. The summed E-state index contributed by atoms with van der Waals surface area (Å²) in [5, 5.41) is 14.9. The first-order chi connectivity index (χ1) is 54.5. The molecule has 0 spiro atoms. The van der Waals surface area contributed by atoms with Crippen LogP contribution in [0.15, 0.2) is 298 Å². The van der Waals surface area contributed by atoms with Crippen molar-refractivity contribution in [3.63, 3.8) is 0 Å². The van der Waals surface area contributed by atoms with Crippen LogP contribution in [0.3, 0.4) is 0 Å². The molecule has 13 aromatic carbocycles. The zero-order valence-corrected chi connectivity index (χ0v) is 74.2. The van der Waals surface area contributed by atoms with E-state index in [1.54, 1.807) is 0 Å². The molecular formula is C104H86Ir3N7S-3. The van der Waals surface area contributed by atoms with Crippen molar-refractivity contribution in [1.82, 2.24) is 32.9 Å². The first-order valence-corrected chi connectivity index (χ1v) is 39.8.